The topological polar surface area (TPSA) is 77.4 Å². The zero-order valence-corrected chi connectivity index (χ0v) is 16.3. The monoisotopic (exact) mass is 426 g/mol. The minimum Gasteiger partial charge on any atom is -0.394 e. The minimum absolute atomic E-state index is 0.0768. The van der Waals surface area contributed by atoms with Gasteiger partial charge in [0.15, 0.2) is 12.6 Å². The molecule has 2 aromatic carbocycles. The zero-order chi connectivity index (χ0) is 19.7. The van der Waals surface area contributed by atoms with Crippen LogP contribution in [0.3, 0.4) is 0 Å². The molecule has 2 saturated heterocycles. The van der Waals surface area contributed by atoms with E-state index in [0.29, 0.717) is 21.2 Å². The quantitative estimate of drug-likeness (QED) is 0.784. The smallest absolute Gasteiger partial charge is 0.185 e. The molecule has 28 heavy (non-hydrogen) atoms. The van der Waals surface area contributed by atoms with Gasteiger partial charge in [0.25, 0.3) is 0 Å². The van der Waals surface area contributed by atoms with Gasteiger partial charge in [-0.15, -0.1) is 0 Å². The maximum atomic E-state index is 10.8. The number of ether oxygens (including phenoxy) is 4. The van der Waals surface area contributed by atoms with E-state index in [9.17, 15) is 10.2 Å². The summed E-state index contributed by atoms with van der Waals surface area (Å²) in [6.07, 6.45) is -5.04. The third-order valence-electron chi connectivity index (χ3n) is 4.79. The first-order valence-corrected chi connectivity index (χ1v) is 9.68. The third kappa shape index (κ3) is 4.20. The Bertz CT molecular complexity index is 817. The Hall–Kier alpha value is -1.22. The van der Waals surface area contributed by atoms with Crippen molar-refractivity contribution in [1.29, 1.82) is 0 Å². The highest BCUT2D eigenvalue weighted by molar-refractivity contribution is 6.30. The van der Waals surface area contributed by atoms with E-state index >= 15 is 0 Å². The van der Waals surface area contributed by atoms with Crippen LogP contribution in [0.2, 0.25) is 10.0 Å². The summed E-state index contributed by atoms with van der Waals surface area (Å²) in [6.45, 7) is -0.287. The van der Waals surface area contributed by atoms with Gasteiger partial charge in [-0.3, -0.25) is 0 Å². The number of hydrogen-bond acceptors (Lipinski definition) is 6. The van der Waals surface area contributed by atoms with E-state index in [1.54, 1.807) is 42.5 Å². The summed E-state index contributed by atoms with van der Waals surface area (Å²) in [5.41, 5.74) is 1.38. The van der Waals surface area contributed by atoms with Crippen molar-refractivity contribution in [2.24, 2.45) is 0 Å². The summed E-state index contributed by atoms with van der Waals surface area (Å²) in [6, 6.07) is 14.1. The molecule has 2 aliphatic heterocycles. The number of rotatable bonds is 3. The third-order valence-corrected chi connectivity index (χ3v) is 5.27. The number of fused-ring (bicyclic) bond motifs is 2. The highest BCUT2D eigenvalue weighted by atomic mass is 35.5. The fraction of sp³-hybridized carbons (Fsp3) is 0.400. The molecule has 0 spiro atoms. The van der Waals surface area contributed by atoms with Crippen LogP contribution in [0, 0.1) is 0 Å². The number of hydrogen-bond donors (Lipinski definition) is 2. The van der Waals surface area contributed by atoms with E-state index in [-0.39, 0.29) is 13.2 Å². The molecule has 0 aliphatic carbocycles. The van der Waals surface area contributed by atoms with Crippen molar-refractivity contribution in [2.75, 3.05) is 13.2 Å². The van der Waals surface area contributed by atoms with Gasteiger partial charge >= 0.3 is 0 Å². The predicted molar refractivity (Wildman–Crippen MR) is 102 cm³/mol. The molecule has 0 saturated carbocycles. The molecule has 0 radical (unpaired) electrons. The maximum Gasteiger partial charge on any atom is 0.185 e. The Morgan fingerprint density at radius 1 is 0.893 bits per heavy atom. The second-order valence-electron chi connectivity index (χ2n) is 6.73. The molecule has 2 aliphatic rings. The zero-order valence-electron chi connectivity index (χ0n) is 14.8. The van der Waals surface area contributed by atoms with Gasteiger partial charge in [-0.05, 0) is 24.3 Å². The number of halogens is 2. The summed E-state index contributed by atoms with van der Waals surface area (Å²) in [7, 11) is 0. The molecule has 2 bridgehead atoms. The first kappa shape index (κ1) is 20.1. The van der Waals surface area contributed by atoms with Gasteiger partial charge in [0, 0.05) is 21.2 Å². The van der Waals surface area contributed by atoms with Crippen LogP contribution in [0.4, 0.5) is 0 Å². The average molecular weight is 427 g/mol. The lowest BCUT2D eigenvalue weighted by Gasteiger charge is -2.29. The molecule has 6 atom stereocenters. The van der Waals surface area contributed by atoms with Crippen LogP contribution in [0.5, 0.6) is 0 Å². The predicted octanol–water partition coefficient (Wildman–Crippen LogP) is 3.24. The van der Waals surface area contributed by atoms with Crippen LogP contribution in [0.25, 0.3) is 0 Å². The van der Waals surface area contributed by atoms with Crippen molar-refractivity contribution in [3.05, 3.63) is 69.7 Å². The Morgan fingerprint density at radius 3 is 2.14 bits per heavy atom. The number of aliphatic hydroxyl groups excluding tert-OH is 2. The molecule has 0 amide bonds. The van der Waals surface area contributed by atoms with Gasteiger partial charge in [-0.25, -0.2) is 0 Å². The standard InChI is InChI=1S/C20H20Cl2O6/c21-13-5-1-3-11(7-13)19-25-10-16-17(24)18(28-19)15(9-23)26-20(27-16)12-4-2-6-14(22)8-12/h1-8,15-20,23-24H,9-10H2/t15-,16+,17-,18-,19?,20?/m1/s1. The van der Waals surface area contributed by atoms with Gasteiger partial charge in [0.05, 0.1) is 13.2 Å². The van der Waals surface area contributed by atoms with Crippen molar-refractivity contribution >= 4 is 23.2 Å². The van der Waals surface area contributed by atoms with E-state index in [1.807, 2.05) is 6.07 Å². The van der Waals surface area contributed by atoms with Crippen LogP contribution in [0.1, 0.15) is 23.7 Å². The Morgan fingerprint density at radius 2 is 1.54 bits per heavy atom. The summed E-state index contributed by atoms with van der Waals surface area (Å²) in [4.78, 5) is 0. The van der Waals surface area contributed by atoms with Crippen LogP contribution in [-0.2, 0) is 18.9 Å². The first-order chi connectivity index (χ1) is 13.5. The SMILES string of the molecule is OC[C@H]1OC(c2cccc(Cl)c2)O[C@H]2COC(c3cccc(Cl)c3)O[C@H]1[C@@H]2O. The Labute approximate surface area is 172 Å². The van der Waals surface area contributed by atoms with Crippen molar-refractivity contribution in [3.63, 3.8) is 0 Å². The summed E-state index contributed by atoms with van der Waals surface area (Å²) in [5, 5.41) is 21.8. The van der Waals surface area contributed by atoms with Gasteiger partial charge in [-0.2, -0.15) is 0 Å². The van der Waals surface area contributed by atoms with E-state index in [2.05, 4.69) is 0 Å². The second kappa shape index (κ2) is 8.65. The van der Waals surface area contributed by atoms with Crippen molar-refractivity contribution in [1.82, 2.24) is 0 Å². The second-order valence-corrected chi connectivity index (χ2v) is 7.60. The van der Waals surface area contributed by atoms with E-state index in [4.69, 9.17) is 42.1 Å². The lowest BCUT2D eigenvalue weighted by atomic mass is 10.0. The summed E-state index contributed by atoms with van der Waals surface area (Å²) >= 11 is 12.1. The lowest BCUT2D eigenvalue weighted by molar-refractivity contribution is -0.249. The van der Waals surface area contributed by atoms with E-state index in [1.165, 1.54) is 0 Å². The van der Waals surface area contributed by atoms with Gasteiger partial charge in [-0.1, -0.05) is 47.5 Å². The number of benzene rings is 2. The molecule has 8 heteroatoms. The summed E-state index contributed by atoms with van der Waals surface area (Å²) < 4.78 is 23.8. The van der Waals surface area contributed by atoms with Gasteiger partial charge in [0.1, 0.15) is 24.4 Å². The van der Waals surface area contributed by atoms with Crippen molar-refractivity contribution in [3.8, 4) is 0 Å². The average Bonchev–Trinajstić information content (AvgIpc) is 2.93. The summed E-state index contributed by atoms with van der Waals surface area (Å²) in [5.74, 6) is 0. The van der Waals surface area contributed by atoms with E-state index in [0.717, 1.165) is 0 Å². The molecule has 2 aromatic rings. The normalized spacial score (nSPS) is 33.1. The first-order valence-electron chi connectivity index (χ1n) is 8.93. The fourth-order valence-corrected chi connectivity index (χ4v) is 3.79. The Kier molecular flexibility index (Phi) is 6.20. The molecular weight excluding hydrogens is 407 g/mol. The van der Waals surface area contributed by atoms with Crippen molar-refractivity contribution in [2.45, 2.75) is 37.0 Å². The lowest BCUT2D eigenvalue weighted by Crippen LogP contribution is -2.45. The van der Waals surface area contributed by atoms with Gasteiger partial charge < -0.3 is 29.2 Å². The highest BCUT2D eigenvalue weighted by Crippen LogP contribution is 2.37. The minimum atomic E-state index is -1.05. The largest absolute Gasteiger partial charge is 0.394 e. The molecule has 150 valence electrons. The molecule has 2 unspecified atom stereocenters. The van der Waals surface area contributed by atoms with Crippen molar-refractivity contribution < 1.29 is 29.2 Å². The Balaban J connectivity index is 1.62. The van der Waals surface area contributed by atoms with Crippen LogP contribution < -0.4 is 0 Å². The number of aliphatic hydroxyl groups is 2. The molecule has 6 nitrogen and oxygen atoms in total. The molecule has 2 N–H and O–H groups in total. The molecular formula is C20H20Cl2O6. The van der Waals surface area contributed by atoms with Crippen LogP contribution >= 0.6 is 23.2 Å². The highest BCUT2D eigenvalue weighted by Gasteiger charge is 2.46. The van der Waals surface area contributed by atoms with E-state index < -0.39 is 37.0 Å². The molecule has 2 fully saturated rings. The maximum absolute atomic E-state index is 10.8. The molecule has 4 rings (SSSR count). The molecule has 2 heterocycles. The molecule has 0 aromatic heterocycles. The van der Waals surface area contributed by atoms with Crippen LogP contribution in [-0.4, -0.2) is 47.8 Å². The van der Waals surface area contributed by atoms with Crippen LogP contribution in [0.15, 0.2) is 48.5 Å². The van der Waals surface area contributed by atoms with Gasteiger partial charge in [0.2, 0.25) is 0 Å². The fourth-order valence-electron chi connectivity index (χ4n) is 3.39.